The first-order chi connectivity index (χ1) is 17.0. The van der Waals surface area contributed by atoms with Gasteiger partial charge in [-0.1, -0.05) is 12.1 Å². The Labute approximate surface area is 204 Å². The minimum Gasteiger partial charge on any atom is -0.484 e. The van der Waals surface area contributed by atoms with E-state index in [2.05, 4.69) is 10.4 Å². The van der Waals surface area contributed by atoms with E-state index in [1.807, 2.05) is 0 Å². The van der Waals surface area contributed by atoms with Crippen molar-refractivity contribution >= 4 is 16.8 Å². The van der Waals surface area contributed by atoms with Gasteiger partial charge in [0.15, 0.2) is 0 Å². The summed E-state index contributed by atoms with van der Waals surface area (Å²) < 4.78 is 60.2. The van der Waals surface area contributed by atoms with Gasteiger partial charge in [0.05, 0.1) is 29.0 Å². The maximum atomic E-state index is 13.3. The van der Waals surface area contributed by atoms with Crippen molar-refractivity contribution < 1.29 is 32.2 Å². The molecule has 188 valence electrons. The Hall–Kier alpha value is -3.92. The summed E-state index contributed by atoms with van der Waals surface area (Å²) in [7, 11) is 0. The summed E-state index contributed by atoms with van der Waals surface area (Å²) in [6, 6.07) is 14.8. The quantitative estimate of drug-likeness (QED) is 0.342. The highest BCUT2D eigenvalue weighted by atomic mass is 19.4. The normalized spacial score (nSPS) is 14.3. The molecular weight excluding hydrogens is 478 g/mol. The number of carbonyl (C=O) groups is 1. The molecule has 3 atom stereocenters. The van der Waals surface area contributed by atoms with Crippen LogP contribution in [0, 0.1) is 5.82 Å². The number of nitrogens with zero attached hydrogens (tertiary/aromatic N) is 2. The lowest BCUT2D eigenvalue weighted by Crippen LogP contribution is -2.43. The van der Waals surface area contributed by atoms with E-state index in [1.54, 1.807) is 48.1 Å². The molecule has 0 bridgehead atoms. The Morgan fingerprint density at radius 1 is 1.03 bits per heavy atom. The number of aliphatic hydroxyl groups excluding tert-OH is 1. The zero-order valence-corrected chi connectivity index (χ0v) is 19.3. The number of nitrogens with one attached hydrogen (secondary N) is 1. The fraction of sp³-hybridized carbons (Fsp3) is 0.231. The fourth-order valence-corrected chi connectivity index (χ4v) is 3.76. The third-order valence-electron chi connectivity index (χ3n) is 5.64. The second kappa shape index (κ2) is 9.98. The summed E-state index contributed by atoms with van der Waals surface area (Å²) in [4.78, 5) is 12.1. The standard InChI is InChI=1S/C26H23F4N3O3/c1-15(32-25(35)16(2)34)24(17-3-5-19(6-4-17)26(28,29)30)36-22-11-12-23-18(13-22)14-31-33(23)21-9-7-20(27)8-10-21/h3-16,24,34H,1-2H3,(H,32,35)/t15-,16-,24+/m0/s1. The molecule has 1 heterocycles. The molecule has 10 heteroatoms. The number of aliphatic hydroxyl groups is 1. The van der Waals surface area contributed by atoms with E-state index < -0.39 is 35.9 Å². The minimum atomic E-state index is -4.49. The van der Waals surface area contributed by atoms with Crippen molar-refractivity contribution in [1.82, 2.24) is 15.1 Å². The highest BCUT2D eigenvalue weighted by Crippen LogP contribution is 2.33. The van der Waals surface area contributed by atoms with Gasteiger partial charge < -0.3 is 15.2 Å². The Kier molecular flexibility index (Phi) is 6.98. The van der Waals surface area contributed by atoms with Crippen molar-refractivity contribution in [3.63, 3.8) is 0 Å². The first-order valence-corrected chi connectivity index (χ1v) is 11.1. The van der Waals surface area contributed by atoms with Gasteiger partial charge in [-0.25, -0.2) is 9.07 Å². The van der Waals surface area contributed by atoms with Gasteiger partial charge in [-0.05, 0) is 74.0 Å². The molecule has 0 aliphatic heterocycles. The summed E-state index contributed by atoms with van der Waals surface area (Å²) in [5, 5.41) is 17.2. The van der Waals surface area contributed by atoms with Gasteiger partial charge in [-0.15, -0.1) is 0 Å². The number of hydrogen-bond acceptors (Lipinski definition) is 4. The summed E-state index contributed by atoms with van der Waals surface area (Å²) in [6.45, 7) is 2.94. The van der Waals surface area contributed by atoms with Crippen LogP contribution in [0.25, 0.3) is 16.6 Å². The van der Waals surface area contributed by atoms with Crippen LogP contribution in [-0.2, 0) is 11.0 Å². The van der Waals surface area contributed by atoms with E-state index in [9.17, 15) is 27.5 Å². The number of halogens is 4. The summed E-state index contributed by atoms with van der Waals surface area (Å²) in [6.07, 6.45) is -5.01. The van der Waals surface area contributed by atoms with Crippen LogP contribution in [0.3, 0.4) is 0 Å². The number of carbonyl (C=O) groups excluding carboxylic acids is 1. The van der Waals surface area contributed by atoms with Crippen LogP contribution in [-0.4, -0.2) is 32.9 Å². The molecule has 0 saturated heterocycles. The highest BCUT2D eigenvalue weighted by molar-refractivity contribution is 5.82. The summed E-state index contributed by atoms with van der Waals surface area (Å²) in [5.74, 6) is -0.611. The molecule has 36 heavy (non-hydrogen) atoms. The average Bonchev–Trinajstić information content (AvgIpc) is 3.25. The van der Waals surface area contributed by atoms with Gasteiger partial charge in [-0.3, -0.25) is 4.79 Å². The number of ether oxygens (including phenoxy) is 1. The second-order valence-corrected chi connectivity index (χ2v) is 8.38. The summed E-state index contributed by atoms with van der Waals surface area (Å²) >= 11 is 0. The molecule has 0 aliphatic carbocycles. The maximum Gasteiger partial charge on any atom is 0.416 e. The number of benzene rings is 3. The SMILES string of the molecule is C[C@H](O)C(=O)N[C@@H](C)[C@@H](Oc1ccc2c(cnn2-c2ccc(F)cc2)c1)c1ccc(C(F)(F)F)cc1. The van der Waals surface area contributed by atoms with E-state index in [4.69, 9.17) is 4.74 Å². The predicted octanol–water partition coefficient (Wildman–Crippen LogP) is 5.19. The van der Waals surface area contributed by atoms with Crippen LogP contribution in [0.1, 0.15) is 31.1 Å². The molecule has 1 amide bonds. The number of alkyl halides is 3. The number of rotatable bonds is 7. The van der Waals surface area contributed by atoms with E-state index in [1.165, 1.54) is 31.2 Å². The maximum absolute atomic E-state index is 13.3. The lowest BCUT2D eigenvalue weighted by Gasteiger charge is -2.27. The molecule has 4 aromatic rings. The molecule has 0 aliphatic rings. The van der Waals surface area contributed by atoms with Gasteiger partial charge in [0, 0.05) is 5.39 Å². The van der Waals surface area contributed by atoms with Crippen LogP contribution in [0.5, 0.6) is 5.75 Å². The molecule has 1 aromatic heterocycles. The molecule has 0 unspecified atom stereocenters. The first kappa shape index (κ1) is 25.2. The minimum absolute atomic E-state index is 0.364. The molecule has 0 radical (unpaired) electrons. The Bertz CT molecular complexity index is 1350. The molecule has 2 N–H and O–H groups in total. The van der Waals surface area contributed by atoms with E-state index in [0.717, 1.165) is 17.6 Å². The molecule has 0 saturated carbocycles. The summed E-state index contributed by atoms with van der Waals surface area (Å²) in [5.41, 5.74) is 0.997. The predicted molar refractivity (Wildman–Crippen MR) is 125 cm³/mol. The van der Waals surface area contributed by atoms with Crippen LogP contribution in [0.15, 0.2) is 72.9 Å². The van der Waals surface area contributed by atoms with Crippen molar-refractivity contribution in [3.05, 3.63) is 89.9 Å². The van der Waals surface area contributed by atoms with Crippen molar-refractivity contribution in [2.24, 2.45) is 0 Å². The lowest BCUT2D eigenvalue weighted by atomic mass is 10.0. The Morgan fingerprint density at radius 2 is 1.69 bits per heavy atom. The van der Waals surface area contributed by atoms with Gasteiger partial charge in [0.25, 0.3) is 0 Å². The van der Waals surface area contributed by atoms with Gasteiger partial charge in [0.1, 0.15) is 23.8 Å². The van der Waals surface area contributed by atoms with Crippen LogP contribution in [0.4, 0.5) is 17.6 Å². The smallest absolute Gasteiger partial charge is 0.416 e. The first-order valence-electron chi connectivity index (χ1n) is 11.1. The monoisotopic (exact) mass is 501 g/mol. The second-order valence-electron chi connectivity index (χ2n) is 8.38. The molecular formula is C26H23F4N3O3. The number of aromatic nitrogens is 2. The fourth-order valence-electron chi connectivity index (χ4n) is 3.76. The van der Waals surface area contributed by atoms with E-state index in [0.29, 0.717) is 22.4 Å². The van der Waals surface area contributed by atoms with Crippen LogP contribution in [0.2, 0.25) is 0 Å². The largest absolute Gasteiger partial charge is 0.484 e. The van der Waals surface area contributed by atoms with E-state index in [-0.39, 0.29) is 5.82 Å². The molecule has 6 nitrogen and oxygen atoms in total. The number of fused-ring (bicyclic) bond motifs is 1. The highest BCUT2D eigenvalue weighted by Gasteiger charge is 2.31. The number of amides is 1. The third-order valence-corrected chi connectivity index (χ3v) is 5.64. The number of hydrogen-bond donors (Lipinski definition) is 2. The van der Waals surface area contributed by atoms with Crippen LogP contribution >= 0.6 is 0 Å². The zero-order valence-electron chi connectivity index (χ0n) is 19.3. The van der Waals surface area contributed by atoms with Crippen molar-refractivity contribution in [1.29, 1.82) is 0 Å². The Morgan fingerprint density at radius 3 is 2.31 bits per heavy atom. The molecule has 0 fully saturated rings. The van der Waals surface area contributed by atoms with Crippen LogP contribution < -0.4 is 10.1 Å². The molecule has 0 spiro atoms. The van der Waals surface area contributed by atoms with Crippen molar-refractivity contribution in [2.45, 2.75) is 38.3 Å². The van der Waals surface area contributed by atoms with Crippen molar-refractivity contribution in [3.8, 4) is 11.4 Å². The van der Waals surface area contributed by atoms with E-state index >= 15 is 0 Å². The van der Waals surface area contributed by atoms with Gasteiger partial charge in [0.2, 0.25) is 5.91 Å². The van der Waals surface area contributed by atoms with Crippen molar-refractivity contribution in [2.75, 3.05) is 0 Å². The van der Waals surface area contributed by atoms with Gasteiger partial charge in [-0.2, -0.15) is 18.3 Å². The third kappa shape index (κ3) is 5.49. The Balaban J connectivity index is 1.65. The average molecular weight is 501 g/mol. The lowest BCUT2D eigenvalue weighted by molar-refractivity contribution is -0.137. The molecule has 3 aromatic carbocycles. The molecule has 4 rings (SSSR count). The topological polar surface area (TPSA) is 76.4 Å². The zero-order chi connectivity index (χ0) is 26.0. The van der Waals surface area contributed by atoms with Gasteiger partial charge >= 0.3 is 6.18 Å².